The predicted molar refractivity (Wildman–Crippen MR) is 124 cm³/mol. The minimum atomic E-state index is -0.583. The van der Waals surface area contributed by atoms with Crippen molar-refractivity contribution in [2.45, 2.75) is 0 Å². The summed E-state index contributed by atoms with van der Waals surface area (Å²) < 4.78 is 5.40. The maximum absolute atomic E-state index is 12.6. The van der Waals surface area contributed by atoms with E-state index in [1.807, 2.05) is 36.4 Å². The summed E-state index contributed by atoms with van der Waals surface area (Å²) in [6, 6.07) is 16.3. The lowest BCUT2D eigenvalue weighted by atomic mass is 10.2. The van der Waals surface area contributed by atoms with Crippen LogP contribution in [0.3, 0.4) is 0 Å². The molecule has 31 heavy (non-hydrogen) atoms. The second-order valence-corrected chi connectivity index (χ2v) is 7.94. The second-order valence-electron chi connectivity index (χ2n) is 6.26. The van der Waals surface area contributed by atoms with Gasteiger partial charge in [0.1, 0.15) is 16.6 Å². The quantitative estimate of drug-likeness (QED) is 0.397. The molecule has 0 radical (unpaired) electrons. The fourth-order valence-corrected chi connectivity index (χ4v) is 3.88. The highest BCUT2D eigenvalue weighted by Crippen LogP contribution is 2.30. The molecule has 1 heterocycles. The number of allylic oxidation sites excluding steroid dienone is 2. The van der Waals surface area contributed by atoms with E-state index in [0.29, 0.717) is 10.7 Å². The van der Waals surface area contributed by atoms with E-state index >= 15 is 0 Å². The number of amides is 3. The zero-order valence-electron chi connectivity index (χ0n) is 16.5. The van der Waals surface area contributed by atoms with Gasteiger partial charge in [0.15, 0.2) is 0 Å². The van der Waals surface area contributed by atoms with Gasteiger partial charge in [0.2, 0.25) is 0 Å². The highest BCUT2D eigenvalue weighted by Gasteiger charge is 2.33. The van der Waals surface area contributed by atoms with Crippen molar-refractivity contribution in [3.63, 3.8) is 0 Å². The Morgan fingerprint density at radius 1 is 1.10 bits per heavy atom. The topological polar surface area (TPSA) is 87.7 Å². The molecule has 0 bridgehead atoms. The largest absolute Gasteiger partial charge is 0.496 e. The molecule has 2 aromatic rings. The van der Waals surface area contributed by atoms with Crippen LogP contribution in [0.2, 0.25) is 0 Å². The van der Waals surface area contributed by atoms with Gasteiger partial charge in [0.05, 0.1) is 17.6 Å². The van der Waals surface area contributed by atoms with Gasteiger partial charge in [-0.05, 0) is 23.8 Å². The van der Waals surface area contributed by atoms with Crippen molar-refractivity contribution < 1.29 is 19.1 Å². The van der Waals surface area contributed by atoms with Gasteiger partial charge in [-0.3, -0.25) is 30.1 Å². The Balaban J connectivity index is 1.55. The predicted octanol–water partition coefficient (Wildman–Crippen LogP) is 2.91. The Bertz CT molecular complexity index is 1070. The molecule has 0 atom stereocenters. The highest BCUT2D eigenvalue weighted by atomic mass is 32.2. The fourth-order valence-electron chi connectivity index (χ4n) is 2.67. The smallest absolute Gasteiger partial charge is 0.273 e. The summed E-state index contributed by atoms with van der Waals surface area (Å²) >= 11 is 6.34. The number of benzene rings is 2. The normalized spacial score (nSPS) is 14.9. The number of methoxy groups -OCH3 is 1. The molecule has 2 N–H and O–H groups in total. The third-order valence-corrected chi connectivity index (χ3v) is 5.57. The first-order chi connectivity index (χ1) is 15.0. The Kier molecular flexibility index (Phi) is 7.58. The van der Waals surface area contributed by atoms with Crippen molar-refractivity contribution >= 4 is 52.1 Å². The Morgan fingerprint density at radius 3 is 2.55 bits per heavy atom. The van der Waals surface area contributed by atoms with E-state index in [1.54, 1.807) is 36.4 Å². The van der Waals surface area contributed by atoms with Crippen LogP contribution < -0.4 is 15.6 Å². The van der Waals surface area contributed by atoms with Gasteiger partial charge in [-0.1, -0.05) is 78.6 Å². The zero-order chi connectivity index (χ0) is 22.2. The van der Waals surface area contributed by atoms with Crippen molar-refractivity contribution in [2.75, 3.05) is 13.7 Å². The van der Waals surface area contributed by atoms with Crippen LogP contribution in [0.5, 0.6) is 5.75 Å². The molecule has 7 nitrogen and oxygen atoms in total. The molecule has 2 aromatic carbocycles. The number of rotatable bonds is 6. The lowest BCUT2D eigenvalue weighted by Crippen LogP contribution is -2.47. The molecular formula is C22H19N3O4S2. The number of ether oxygens (including phenoxy) is 1. The molecule has 0 spiro atoms. The van der Waals surface area contributed by atoms with Crippen LogP contribution >= 0.6 is 24.0 Å². The third-order valence-electron chi connectivity index (χ3n) is 4.18. The summed E-state index contributed by atoms with van der Waals surface area (Å²) in [5, 5.41) is 0. The van der Waals surface area contributed by atoms with Crippen LogP contribution in [0.25, 0.3) is 6.08 Å². The maximum Gasteiger partial charge on any atom is 0.273 e. The zero-order valence-corrected chi connectivity index (χ0v) is 18.2. The van der Waals surface area contributed by atoms with E-state index in [4.69, 9.17) is 17.0 Å². The standard InChI is InChI=1S/C22H19N3O4S2/c1-29-17-12-6-5-11-16(17)20(27)24-23-19(26)14-25-21(28)18(31-22(25)30)13-7-10-15-8-3-2-4-9-15/h2-13H,14H2,1H3,(H,23,26)(H,24,27)/b10-7+,18-13-. The summed E-state index contributed by atoms with van der Waals surface area (Å²) in [7, 11) is 1.45. The third kappa shape index (κ3) is 5.80. The first-order valence-corrected chi connectivity index (χ1v) is 10.4. The molecule has 1 aliphatic heterocycles. The summed E-state index contributed by atoms with van der Waals surface area (Å²) in [6.45, 7) is -0.309. The molecule has 0 saturated carbocycles. The first kappa shape index (κ1) is 22.3. The van der Waals surface area contributed by atoms with Gasteiger partial charge < -0.3 is 4.74 Å². The molecule has 1 fully saturated rings. The number of hydrazine groups is 1. The molecule has 0 aliphatic carbocycles. The van der Waals surface area contributed by atoms with Gasteiger partial charge in [-0.2, -0.15) is 0 Å². The van der Waals surface area contributed by atoms with E-state index in [1.165, 1.54) is 12.0 Å². The molecule has 3 rings (SSSR count). The van der Waals surface area contributed by atoms with Crippen LogP contribution in [-0.2, 0) is 9.59 Å². The van der Waals surface area contributed by atoms with E-state index < -0.39 is 11.8 Å². The number of carbonyl (C=O) groups excluding carboxylic acids is 3. The van der Waals surface area contributed by atoms with Crippen LogP contribution in [0.4, 0.5) is 0 Å². The van der Waals surface area contributed by atoms with Gasteiger partial charge in [0, 0.05) is 0 Å². The number of thiocarbonyl (C=S) groups is 1. The lowest BCUT2D eigenvalue weighted by Gasteiger charge is -2.15. The molecule has 9 heteroatoms. The number of para-hydroxylation sites is 1. The highest BCUT2D eigenvalue weighted by molar-refractivity contribution is 8.26. The van der Waals surface area contributed by atoms with Crippen LogP contribution in [-0.4, -0.2) is 40.6 Å². The first-order valence-electron chi connectivity index (χ1n) is 9.19. The maximum atomic E-state index is 12.6. The van der Waals surface area contributed by atoms with Gasteiger partial charge in [0.25, 0.3) is 17.7 Å². The van der Waals surface area contributed by atoms with Crippen molar-refractivity contribution in [1.82, 2.24) is 15.8 Å². The lowest BCUT2D eigenvalue weighted by molar-refractivity contribution is -0.129. The van der Waals surface area contributed by atoms with Crippen molar-refractivity contribution in [3.8, 4) is 5.75 Å². The van der Waals surface area contributed by atoms with Crippen LogP contribution in [0, 0.1) is 0 Å². The number of nitrogens with zero attached hydrogens (tertiary/aromatic N) is 1. The number of carbonyl (C=O) groups is 3. The number of nitrogens with one attached hydrogen (secondary N) is 2. The number of hydrogen-bond donors (Lipinski definition) is 2. The summed E-state index contributed by atoms with van der Waals surface area (Å²) in [4.78, 5) is 38.7. The Morgan fingerprint density at radius 2 is 1.81 bits per heavy atom. The SMILES string of the molecule is COc1ccccc1C(=O)NNC(=O)CN1C(=O)/C(=C/C=C/c2ccccc2)SC1=S. The monoisotopic (exact) mass is 453 g/mol. The van der Waals surface area contributed by atoms with Crippen LogP contribution in [0.1, 0.15) is 15.9 Å². The van der Waals surface area contributed by atoms with E-state index in [2.05, 4.69) is 10.9 Å². The van der Waals surface area contributed by atoms with E-state index in [9.17, 15) is 14.4 Å². The van der Waals surface area contributed by atoms with Gasteiger partial charge >= 0.3 is 0 Å². The number of hydrogen-bond acceptors (Lipinski definition) is 6. The molecule has 1 saturated heterocycles. The summed E-state index contributed by atoms with van der Waals surface area (Å²) in [5.41, 5.74) is 5.86. The number of thioether (sulfide) groups is 1. The molecule has 0 unspecified atom stereocenters. The Hall–Kier alpha value is -3.43. The minimum absolute atomic E-state index is 0.268. The second kappa shape index (κ2) is 10.6. The summed E-state index contributed by atoms with van der Waals surface area (Å²) in [5.74, 6) is -1.11. The molecule has 1 aliphatic rings. The van der Waals surface area contributed by atoms with Crippen molar-refractivity contribution in [3.05, 3.63) is 82.8 Å². The average Bonchev–Trinajstić information content (AvgIpc) is 3.05. The van der Waals surface area contributed by atoms with Crippen LogP contribution in [0.15, 0.2) is 71.7 Å². The molecule has 158 valence electrons. The van der Waals surface area contributed by atoms with Gasteiger partial charge in [-0.25, -0.2) is 0 Å². The van der Waals surface area contributed by atoms with E-state index in [0.717, 1.165) is 17.3 Å². The fraction of sp³-hybridized carbons (Fsp3) is 0.0909. The van der Waals surface area contributed by atoms with Crippen molar-refractivity contribution in [2.24, 2.45) is 0 Å². The molecular weight excluding hydrogens is 434 g/mol. The molecule has 3 amide bonds. The average molecular weight is 454 g/mol. The summed E-state index contributed by atoms with van der Waals surface area (Å²) in [6.07, 6.45) is 5.29. The minimum Gasteiger partial charge on any atom is -0.496 e. The Labute approximate surface area is 189 Å². The van der Waals surface area contributed by atoms with E-state index in [-0.39, 0.29) is 22.3 Å². The van der Waals surface area contributed by atoms with Crippen molar-refractivity contribution in [1.29, 1.82) is 0 Å². The van der Waals surface area contributed by atoms with Gasteiger partial charge in [-0.15, -0.1) is 0 Å². The molecule has 0 aromatic heterocycles.